The molecule has 230 valence electrons. The third kappa shape index (κ3) is 8.06. The van der Waals surface area contributed by atoms with Crippen molar-refractivity contribution in [2.75, 3.05) is 36.3 Å². The van der Waals surface area contributed by atoms with Gasteiger partial charge >= 0.3 is 6.36 Å². The molecule has 0 spiro atoms. The first-order valence-electron chi connectivity index (χ1n) is 12.5. The maximum absolute atomic E-state index is 13.3. The second kappa shape index (κ2) is 12.9. The highest BCUT2D eigenvalue weighted by molar-refractivity contribution is 7.92. The van der Waals surface area contributed by atoms with E-state index in [0.717, 1.165) is 24.3 Å². The molecule has 0 bridgehead atoms. The molecule has 43 heavy (non-hydrogen) atoms. The van der Waals surface area contributed by atoms with Crippen LogP contribution in [-0.4, -0.2) is 65.7 Å². The molecular weight excluding hydrogens is 635 g/mol. The predicted octanol–water partition coefficient (Wildman–Crippen LogP) is 4.91. The number of alkyl halides is 3. The zero-order valence-electron chi connectivity index (χ0n) is 22.2. The molecular formula is C27H25ClF3N3O7S2. The lowest BCUT2D eigenvalue weighted by molar-refractivity contribution is -0.274. The molecule has 10 nitrogen and oxygen atoms in total. The van der Waals surface area contributed by atoms with E-state index in [1.807, 2.05) is 0 Å². The summed E-state index contributed by atoms with van der Waals surface area (Å²) in [6.07, 6.45) is -3.60. The van der Waals surface area contributed by atoms with Gasteiger partial charge in [0, 0.05) is 23.8 Å². The van der Waals surface area contributed by atoms with E-state index in [0.29, 0.717) is 26.3 Å². The molecule has 0 aromatic heterocycles. The van der Waals surface area contributed by atoms with Crippen LogP contribution in [-0.2, 0) is 24.6 Å². The number of carbonyl (C=O) groups is 1. The molecule has 16 heteroatoms. The van der Waals surface area contributed by atoms with Crippen LogP contribution in [0.1, 0.15) is 10.4 Å². The molecule has 0 aliphatic carbocycles. The van der Waals surface area contributed by atoms with Crippen molar-refractivity contribution in [3.63, 3.8) is 0 Å². The summed E-state index contributed by atoms with van der Waals surface area (Å²) in [6.45, 7) is 5.32. The topological polar surface area (TPSA) is 131 Å². The first kappa shape index (κ1) is 32.3. The molecule has 1 heterocycles. The van der Waals surface area contributed by atoms with Crippen molar-refractivity contribution in [1.29, 1.82) is 0 Å². The van der Waals surface area contributed by atoms with Crippen molar-refractivity contribution >= 4 is 48.7 Å². The second-order valence-corrected chi connectivity index (χ2v) is 13.3. The zero-order valence-corrected chi connectivity index (χ0v) is 24.6. The SMILES string of the molecule is C=CC(N1CCOCC1)S(=O)(=O)c1ccc(NC(=O)c2cc(Cl)ccc2NS(=O)(=O)c2ccc(OC(F)(F)F)cc2)cc1. The number of hydrogen-bond acceptors (Lipinski definition) is 8. The Balaban J connectivity index is 1.51. The molecule has 1 amide bonds. The number of sulfonamides is 1. The van der Waals surface area contributed by atoms with E-state index in [1.54, 1.807) is 4.90 Å². The number of anilines is 2. The highest BCUT2D eigenvalue weighted by atomic mass is 35.5. The number of amides is 1. The van der Waals surface area contributed by atoms with Gasteiger partial charge in [0.15, 0.2) is 9.84 Å². The lowest BCUT2D eigenvalue weighted by Gasteiger charge is -2.32. The molecule has 0 saturated carbocycles. The Morgan fingerprint density at radius 2 is 1.58 bits per heavy atom. The number of nitrogens with one attached hydrogen (secondary N) is 2. The Hall–Kier alpha value is -3.63. The minimum Gasteiger partial charge on any atom is -0.406 e. The molecule has 1 unspecified atom stereocenters. The summed E-state index contributed by atoms with van der Waals surface area (Å²) in [5, 5.41) is 1.72. The molecule has 1 saturated heterocycles. The fourth-order valence-corrected chi connectivity index (χ4v) is 7.09. The van der Waals surface area contributed by atoms with Crippen LogP contribution in [0.2, 0.25) is 5.02 Å². The van der Waals surface area contributed by atoms with Crippen LogP contribution in [0.4, 0.5) is 24.5 Å². The number of benzene rings is 3. The molecule has 3 aromatic carbocycles. The molecule has 1 fully saturated rings. The second-order valence-electron chi connectivity index (χ2n) is 9.11. The Labute approximate surface area is 251 Å². The number of ether oxygens (including phenoxy) is 2. The first-order valence-corrected chi connectivity index (χ1v) is 15.9. The van der Waals surface area contributed by atoms with Gasteiger partial charge in [-0.2, -0.15) is 0 Å². The van der Waals surface area contributed by atoms with E-state index >= 15 is 0 Å². The Morgan fingerprint density at radius 1 is 0.977 bits per heavy atom. The monoisotopic (exact) mass is 659 g/mol. The predicted molar refractivity (Wildman–Crippen MR) is 153 cm³/mol. The average molecular weight is 660 g/mol. The van der Waals surface area contributed by atoms with Gasteiger partial charge in [0.25, 0.3) is 15.9 Å². The van der Waals surface area contributed by atoms with Gasteiger partial charge in [-0.05, 0) is 66.7 Å². The van der Waals surface area contributed by atoms with E-state index in [4.69, 9.17) is 16.3 Å². The minimum absolute atomic E-state index is 0.00440. The van der Waals surface area contributed by atoms with Crippen molar-refractivity contribution in [1.82, 2.24) is 4.90 Å². The highest BCUT2D eigenvalue weighted by Gasteiger charge is 2.32. The van der Waals surface area contributed by atoms with Crippen LogP contribution < -0.4 is 14.8 Å². The number of morpholine rings is 1. The van der Waals surface area contributed by atoms with Crippen LogP contribution in [0.3, 0.4) is 0 Å². The third-order valence-electron chi connectivity index (χ3n) is 6.20. The molecule has 0 radical (unpaired) electrons. The van der Waals surface area contributed by atoms with Crippen molar-refractivity contribution in [2.24, 2.45) is 0 Å². The van der Waals surface area contributed by atoms with Gasteiger partial charge in [-0.25, -0.2) is 16.8 Å². The summed E-state index contributed by atoms with van der Waals surface area (Å²) in [7, 11) is -8.19. The molecule has 3 aromatic rings. The van der Waals surface area contributed by atoms with Crippen LogP contribution in [0, 0.1) is 0 Å². The largest absolute Gasteiger partial charge is 0.573 e. The molecule has 1 aliphatic heterocycles. The molecule has 1 atom stereocenters. The van der Waals surface area contributed by atoms with E-state index < -0.39 is 48.1 Å². The summed E-state index contributed by atoms with van der Waals surface area (Å²) in [5.74, 6) is -1.39. The van der Waals surface area contributed by atoms with Gasteiger partial charge < -0.3 is 14.8 Å². The van der Waals surface area contributed by atoms with Crippen molar-refractivity contribution in [3.8, 4) is 5.75 Å². The standard InChI is InChI=1S/C27H25ClF3N3O7S2/c1-2-25(34-13-15-40-16-14-34)42(36,37)21-8-4-19(5-9-21)32-26(35)23-17-18(28)3-12-24(23)33-43(38,39)22-10-6-20(7-11-22)41-27(29,30)31/h2-12,17,25,33H,1,13-16H2,(H,32,35). The smallest absolute Gasteiger partial charge is 0.406 e. The first-order chi connectivity index (χ1) is 20.2. The third-order valence-corrected chi connectivity index (χ3v) is 9.88. The Bertz CT molecular complexity index is 1700. The van der Waals surface area contributed by atoms with Gasteiger partial charge in [-0.3, -0.25) is 14.4 Å². The molecule has 2 N–H and O–H groups in total. The summed E-state index contributed by atoms with van der Waals surface area (Å²) in [5.41, 5.74) is -0.139. The molecule has 1 aliphatic rings. The number of carbonyl (C=O) groups excluding carboxylic acids is 1. The number of hydrogen-bond donors (Lipinski definition) is 2. The summed E-state index contributed by atoms with van der Waals surface area (Å²) < 4.78 is 101. The van der Waals surface area contributed by atoms with Gasteiger partial charge in [-0.15, -0.1) is 19.8 Å². The number of sulfone groups is 1. The fraction of sp³-hybridized carbons (Fsp3) is 0.222. The zero-order chi connectivity index (χ0) is 31.4. The van der Waals surface area contributed by atoms with Crippen LogP contribution >= 0.6 is 11.6 Å². The van der Waals surface area contributed by atoms with Crippen LogP contribution in [0.25, 0.3) is 0 Å². The summed E-state index contributed by atoms with van der Waals surface area (Å²) in [4.78, 5) is 14.5. The molecule has 4 rings (SSSR count). The maximum Gasteiger partial charge on any atom is 0.573 e. The van der Waals surface area contributed by atoms with E-state index in [1.165, 1.54) is 48.5 Å². The van der Waals surface area contributed by atoms with Crippen molar-refractivity contribution in [2.45, 2.75) is 21.5 Å². The van der Waals surface area contributed by atoms with Crippen LogP contribution in [0.15, 0.2) is 89.2 Å². The van der Waals surface area contributed by atoms with E-state index in [2.05, 4.69) is 21.4 Å². The van der Waals surface area contributed by atoms with Gasteiger partial charge in [0.05, 0.1) is 34.3 Å². The normalized spacial score (nSPS) is 15.3. The lowest BCUT2D eigenvalue weighted by atomic mass is 10.1. The van der Waals surface area contributed by atoms with Crippen LogP contribution in [0.5, 0.6) is 5.75 Å². The number of nitrogens with zero attached hydrogens (tertiary/aromatic N) is 1. The maximum atomic E-state index is 13.3. The Kier molecular flexibility index (Phi) is 9.71. The van der Waals surface area contributed by atoms with Gasteiger partial charge in [-0.1, -0.05) is 17.7 Å². The summed E-state index contributed by atoms with van der Waals surface area (Å²) >= 11 is 6.05. The van der Waals surface area contributed by atoms with E-state index in [9.17, 15) is 34.8 Å². The quantitative estimate of drug-likeness (QED) is 0.294. The lowest BCUT2D eigenvalue weighted by Crippen LogP contribution is -2.46. The Morgan fingerprint density at radius 3 is 2.16 bits per heavy atom. The van der Waals surface area contributed by atoms with E-state index in [-0.39, 0.29) is 26.9 Å². The average Bonchev–Trinajstić information content (AvgIpc) is 2.94. The summed E-state index contributed by atoms with van der Waals surface area (Å²) in [6, 6.07) is 12.7. The van der Waals surface area contributed by atoms with Crippen molar-refractivity contribution in [3.05, 3.63) is 90.0 Å². The van der Waals surface area contributed by atoms with Crippen molar-refractivity contribution < 1.29 is 44.3 Å². The number of halogens is 4. The number of rotatable bonds is 10. The van der Waals surface area contributed by atoms with Gasteiger partial charge in [0.1, 0.15) is 11.1 Å². The fourth-order valence-electron chi connectivity index (χ4n) is 4.19. The van der Waals surface area contributed by atoms with Gasteiger partial charge in [0.2, 0.25) is 0 Å². The minimum atomic E-state index is -4.95. The highest BCUT2D eigenvalue weighted by Crippen LogP contribution is 2.28.